The number of fused-ring (bicyclic) bond motifs is 6. The predicted octanol–water partition coefficient (Wildman–Crippen LogP) is 12.9. The number of hydrogen-bond donors (Lipinski definition) is 1. The average Bonchev–Trinajstić information content (AvgIpc) is 3.65. The fourth-order valence-corrected chi connectivity index (χ4v) is 8.18. The smallest absolute Gasteiger partial charge is 0.159 e. The Balaban J connectivity index is 1.05. The van der Waals surface area contributed by atoms with Gasteiger partial charge in [0.15, 0.2) is 5.84 Å². The highest BCUT2D eigenvalue weighted by Gasteiger charge is 2.25. The summed E-state index contributed by atoms with van der Waals surface area (Å²) in [6.07, 6.45) is -0.417. The molecular formula is C51H33N3O. The molecule has 0 aliphatic carbocycles. The Hall–Kier alpha value is -7.30. The summed E-state index contributed by atoms with van der Waals surface area (Å²) in [5, 5.41) is 13.1. The van der Waals surface area contributed by atoms with Crippen molar-refractivity contribution < 1.29 is 4.42 Å². The summed E-state index contributed by atoms with van der Waals surface area (Å²) in [7, 11) is 0. The topological polar surface area (TPSA) is 49.9 Å². The molecule has 11 rings (SSSR count). The van der Waals surface area contributed by atoms with Crippen LogP contribution in [0.25, 0.3) is 76.5 Å². The van der Waals surface area contributed by atoms with Crippen molar-refractivity contribution in [3.05, 3.63) is 205 Å². The van der Waals surface area contributed by atoms with E-state index in [4.69, 9.17) is 14.4 Å². The summed E-state index contributed by atoms with van der Waals surface area (Å²) in [4.78, 5) is 10.5. The lowest BCUT2D eigenvalue weighted by Gasteiger charge is -2.24. The van der Waals surface area contributed by atoms with Crippen molar-refractivity contribution in [1.82, 2.24) is 5.32 Å². The summed E-state index contributed by atoms with van der Waals surface area (Å²) in [5.41, 5.74) is 9.24. The number of para-hydroxylation sites is 1. The van der Waals surface area contributed by atoms with E-state index in [0.717, 1.165) is 66.5 Å². The fraction of sp³-hybridized carbons (Fsp3) is 0.0196. The molecule has 0 saturated carbocycles. The lowest BCUT2D eigenvalue weighted by atomic mass is 9.96. The van der Waals surface area contributed by atoms with Gasteiger partial charge in [0.1, 0.15) is 23.2 Å². The van der Waals surface area contributed by atoms with Gasteiger partial charge in [-0.3, -0.25) is 0 Å². The predicted molar refractivity (Wildman–Crippen MR) is 229 cm³/mol. The van der Waals surface area contributed by atoms with Crippen LogP contribution in [0, 0.1) is 0 Å². The van der Waals surface area contributed by atoms with Crippen LogP contribution >= 0.6 is 0 Å². The number of hydrogen-bond acceptors (Lipinski definition) is 4. The minimum atomic E-state index is -0.417. The van der Waals surface area contributed by atoms with Gasteiger partial charge in [-0.15, -0.1) is 0 Å². The monoisotopic (exact) mass is 703 g/mol. The Morgan fingerprint density at radius 2 is 1.02 bits per heavy atom. The molecular weight excluding hydrogens is 671 g/mol. The number of nitrogens with one attached hydrogen (secondary N) is 1. The highest BCUT2D eigenvalue weighted by molar-refractivity contribution is 6.16. The third-order valence-electron chi connectivity index (χ3n) is 10.9. The molecule has 0 amide bonds. The summed E-state index contributed by atoms with van der Waals surface area (Å²) in [6, 6.07) is 66.4. The van der Waals surface area contributed by atoms with Gasteiger partial charge in [-0.25, -0.2) is 9.98 Å². The third kappa shape index (κ3) is 5.38. The van der Waals surface area contributed by atoms with Crippen LogP contribution in [0.15, 0.2) is 202 Å². The van der Waals surface area contributed by atoms with Gasteiger partial charge in [0.25, 0.3) is 0 Å². The first-order valence-corrected chi connectivity index (χ1v) is 18.7. The van der Waals surface area contributed by atoms with Crippen molar-refractivity contribution >= 4 is 65.9 Å². The first-order valence-electron chi connectivity index (χ1n) is 18.7. The van der Waals surface area contributed by atoms with Crippen molar-refractivity contribution in [3.63, 3.8) is 0 Å². The van der Waals surface area contributed by atoms with Crippen molar-refractivity contribution in [3.8, 4) is 22.3 Å². The summed E-state index contributed by atoms with van der Waals surface area (Å²) in [6.45, 7) is 0. The van der Waals surface area contributed by atoms with Gasteiger partial charge in [0, 0.05) is 33.0 Å². The molecule has 9 aromatic carbocycles. The van der Waals surface area contributed by atoms with E-state index in [-0.39, 0.29) is 0 Å². The zero-order valence-electron chi connectivity index (χ0n) is 29.8. The van der Waals surface area contributed by atoms with Crippen molar-refractivity contribution in [1.29, 1.82) is 0 Å². The van der Waals surface area contributed by atoms with Crippen molar-refractivity contribution in [2.45, 2.75) is 6.17 Å². The Morgan fingerprint density at radius 3 is 1.82 bits per heavy atom. The molecule has 0 bridgehead atoms. The standard InChI is InChI=1S/C51H33N3O/c1-3-13-37-30-39(28-24-32(37)10-1)34-22-26-36(27-23-34)49-52-50(40-29-25-33-11-2-4-14-38(33)31-40)54-51(53-49)45-20-9-21-46-47(45)44-19-8-18-43(48(44)55-46)42-17-7-15-35-12-5-6-16-41(35)42/h1-31,51H,(H,52,53,54). The first kappa shape index (κ1) is 31.2. The molecule has 1 unspecified atom stereocenters. The zero-order chi connectivity index (χ0) is 36.3. The van der Waals surface area contributed by atoms with Gasteiger partial charge in [-0.1, -0.05) is 170 Å². The summed E-state index contributed by atoms with van der Waals surface area (Å²) < 4.78 is 6.77. The van der Waals surface area contributed by atoms with Crippen LogP contribution in [0.2, 0.25) is 0 Å². The number of furan rings is 1. The number of aliphatic imine (C=N–C) groups is 2. The molecule has 0 spiro atoms. The van der Waals surface area contributed by atoms with E-state index in [1.54, 1.807) is 0 Å². The molecule has 0 fully saturated rings. The largest absolute Gasteiger partial charge is 0.455 e. The van der Waals surface area contributed by atoms with E-state index in [9.17, 15) is 0 Å². The van der Waals surface area contributed by atoms with Crippen LogP contribution in [0.3, 0.4) is 0 Å². The van der Waals surface area contributed by atoms with E-state index >= 15 is 0 Å². The molecule has 1 N–H and O–H groups in total. The van der Waals surface area contributed by atoms with Crippen LogP contribution in [0.5, 0.6) is 0 Å². The number of amidine groups is 2. The Labute approximate surface area is 317 Å². The van der Waals surface area contributed by atoms with Crippen LogP contribution in [-0.2, 0) is 0 Å². The lowest BCUT2D eigenvalue weighted by molar-refractivity contribution is 0.663. The number of benzene rings is 9. The van der Waals surface area contributed by atoms with E-state index in [1.807, 2.05) is 0 Å². The van der Waals surface area contributed by atoms with E-state index in [1.165, 1.54) is 32.5 Å². The SMILES string of the molecule is c1ccc2cc(C3=NC(c4ccc(-c5ccc6ccccc6c5)cc4)=NC(c4cccc5oc6c(-c7cccc8ccccc78)cccc6c45)N3)ccc2c1. The molecule has 0 radical (unpaired) electrons. The Bertz CT molecular complexity index is 3180. The molecule has 1 aliphatic heterocycles. The van der Waals surface area contributed by atoms with Crippen LogP contribution < -0.4 is 5.32 Å². The molecule has 1 aromatic heterocycles. The molecule has 2 heterocycles. The normalized spacial score (nSPS) is 14.4. The zero-order valence-corrected chi connectivity index (χ0v) is 29.8. The molecule has 4 nitrogen and oxygen atoms in total. The fourth-order valence-electron chi connectivity index (χ4n) is 8.18. The van der Waals surface area contributed by atoms with Gasteiger partial charge in [0.2, 0.25) is 0 Å². The third-order valence-corrected chi connectivity index (χ3v) is 10.9. The number of nitrogens with zero attached hydrogens (tertiary/aromatic N) is 2. The maximum absolute atomic E-state index is 6.77. The first-order chi connectivity index (χ1) is 27.2. The van der Waals surface area contributed by atoms with Gasteiger partial charge in [0.05, 0.1) is 0 Å². The van der Waals surface area contributed by atoms with Crippen LogP contribution in [0.4, 0.5) is 0 Å². The van der Waals surface area contributed by atoms with Crippen LogP contribution in [0.1, 0.15) is 22.9 Å². The van der Waals surface area contributed by atoms with Crippen molar-refractivity contribution in [2.75, 3.05) is 0 Å². The maximum atomic E-state index is 6.77. The maximum Gasteiger partial charge on any atom is 0.159 e. The molecule has 0 saturated heterocycles. The average molecular weight is 704 g/mol. The van der Waals surface area contributed by atoms with E-state index in [2.05, 4.69) is 193 Å². The Morgan fingerprint density at radius 1 is 0.436 bits per heavy atom. The molecule has 1 aliphatic rings. The number of rotatable bonds is 5. The van der Waals surface area contributed by atoms with Gasteiger partial charge in [-0.05, 0) is 67.2 Å². The molecule has 10 aromatic rings. The van der Waals surface area contributed by atoms with Gasteiger partial charge >= 0.3 is 0 Å². The highest BCUT2D eigenvalue weighted by atomic mass is 16.3. The summed E-state index contributed by atoms with van der Waals surface area (Å²) in [5.74, 6) is 1.46. The van der Waals surface area contributed by atoms with E-state index in [0.29, 0.717) is 5.84 Å². The summed E-state index contributed by atoms with van der Waals surface area (Å²) >= 11 is 0. The Kier molecular flexibility index (Phi) is 7.20. The van der Waals surface area contributed by atoms with Gasteiger partial charge < -0.3 is 9.73 Å². The minimum Gasteiger partial charge on any atom is -0.455 e. The molecule has 4 heteroatoms. The molecule has 55 heavy (non-hydrogen) atoms. The quantitative estimate of drug-likeness (QED) is 0.194. The second-order valence-corrected chi connectivity index (χ2v) is 14.2. The molecule has 258 valence electrons. The second kappa shape index (κ2) is 12.7. The lowest BCUT2D eigenvalue weighted by Crippen LogP contribution is -2.33. The minimum absolute atomic E-state index is 0.417. The molecule has 1 atom stereocenters. The second-order valence-electron chi connectivity index (χ2n) is 14.2. The van der Waals surface area contributed by atoms with Gasteiger partial charge in [-0.2, -0.15) is 0 Å². The van der Waals surface area contributed by atoms with Crippen LogP contribution in [-0.4, -0.2) is 11.7 Å². The van der Waals surface area contributed by atoms with Crippen molar-refractivity contribution in [2.24, 2.45) is 9.98 Å². The van der Waals surface area contributed by atoms with E-state index < -0.39 is 6.17 Å². The highest BCUT2D eigenvalue weighted by Crippen LogP contribution is 2.41.